The van der Waals surface area contributed by atoms with Crippen molar-refractivity contribution < 1.29 is 9.21 Å². The number of rotatable bonds is 5. The summed E-state index contributed by atoms with van der Waals surface area (Å²) in [6.07, 6.45) is 1.02. The number of aromatic nitrogens is 1. The molecule has 0 aliphatic carbocycles. The quantitative estimate of drug-likeness (QED) is 0.684. The molecule has 0 radical (unpaired) electrons. The van der Waals surface area contributed by atoms with Crippen molar-refractivity contribution >= 4 is 17.0 Å². The van der Waals surface area contributed by atoms with Gasteiger partial charge in [-0.15, -0.1) is 0 Å². The number of hydrogen-bond donors (Lipinski definition) is 0. The number of hydrogen-bond acceptors (Lipinski definition) is 4. The molecule has 1 aromatic heterocycles. The van der Waals surface area contributed by atoms with Gasteiger partial charge in [-0.25, -0.2) is 4.79 Å². The summed E-state index contributed by atoms with van der Waals surface area (Å²) in [6, 6.07) is 17.1. The molecular weight excluding hydrogens is 354 g/mol. The van der Waals surface area contributed by atoms with E-state index in [-0.39, 0.29) is 5.91 Å². The van der Waals surface area contributed by atoms with Crippen LogP contribution in [0.2, 0.25) is 0 Å². The van der Waals surface area contributed by atoms with Crippen LogP contribution in [0.15, 0.2) is 63.8 Å². The summed E-state index contributed by atoms with van der Waals surface area (Å²) in [5.74, 6) is -0.514. The van der Waals surface area contributed by atoms with Crippen LogP contribution in [0.4, 0.5) is 0 Å². The summed E-state index contributed by atoms with van der Waals surface area (Å²) in [6.45, 7) is 5.84. The van der Waals surface area contributed by atoms with E-state index in [1.54, 1.807) is 13.0 Å². The van der Waals surface area contributed by atoms with Gasteiger partial charge in [0.05, 0.1) is 5.52 Å². The SMILES string of the molecule is CC(C(=O)N1CCN(CCc2ccccc2)CC1)n1c(=O)oc2ccccc21. The minimum Gasteiger partial charge on any atom is -0.408 e. The Bertz CT molecular complexity index is 1000. The summed E-state index contributed by atoms with van der Waals surface area (Å²) in [4.78, 5) is 29.5. The van der Waals surface area contributed by atoms with Gasteiger partial charge in [0.25, 0.3) is 0 Å². The van der Waals surface area contributed by atoms with Crippen LogP contribution in [-0.4, -0.2) is 53.0 Å². The molecule has 0 spiro atoms. The van der Waals surface area contributed by atoms with E-state index in [1.165, 1.54) is 10.1 Å². The van der Waals surface area contributed by atoms with E-state index in [4.69, 9.17) is 4.42 Å². The first-order valence-corrected chi connectivity index (χ1v) is 9.78. The number of benzene rings is 2. The molecule has 1 unspecified atom stereocenters. The lowest BCUT2D eigenvalue weighted by Gasteiger charge is -2.36. The Morgan fingerprint density at radius 2 is 1.68 bits per heavy atom. The van der Waals surface area contributed by atoms with Crippen molar-refractivity contribution in [1.82, 2.24) is 14.4 Å². The highest BCUT2D eigenvalue weighted by molar-refractivity contribution is 5.83. The lowest BCUT2D eigenvalue weighted by molar-refractivity contribution is -0.136. The molecule has 146 valence electrons. The average molecular weight is 379 g/mol. The minimum atomic E-state index is -0.577. The lowest BCUT2D eigenvalue weighted by Crippen LogP contribution is -2.51. The van der Waals surface area contributed by atoms with Crippen LogP contribution in [0.5, 0.6) is 0 Å². The van der Waals surface area contributed by atoms with Gasteiger partial charge in [0.2, 0.25) is 5.91 Å². The van der Waals surface area contributed by atoms with Crippen molar-refractivity contribution in [3.8, 4) is 0 Å². The molecular formula is C22H25N3O3. The second kappa shape index (κ2) is 8.02. The zero-order chi connectivity index (χ0) is 19.5. The fourth-order valence-corrected chi connectivity index (χ4v) is 3.85. The van der Waals surface area contributed by atoms with Crippen molar-refractivity contribution in [3.63, 3.8) is 0 Å². The third kappa shape index (κ3) is 3.73. The maximum absolute atomic E-state index is 13.0. The molecule has 1 saturated heterocycles. The molecule has 1 aliphatic heterocycles. The summed E-state index contributed by atoms with van der Waals surface area (Å²) in [5, 5.41) is 0. The van der Waals surface area contributed by atoms with Gasteiger partial charge in [-0.2, -0.15) is 0 Å². The second-order valence-electron chi connectivity index (χ2n) is 7.28. The molecule has 6 heteroatoms. The Balaban J connectivity index is 1.37. The number of piperazine rings is 1. The zero-order valence-electron chi connectivity index (χ0n) is 16.1. The Morgan fingerprint density at radius 1 is 1.00 bits per heavy atom. The van der Waals surface area contributed by atoms with E-state index < -0.39 is 11.8 Å². The van der Waals surface area contributed by atoms with Gasteiger partial charge in [-0.05, 0) is 31.0 Å². The molecule has 3 aromatic rings. The Morgan fingerprint density at radius 3 is 2.43 bits per heavy atom. The number of carbonyl (C=O) groups excluding carboxylic acids is 1. The highest BCUT2D eigenvalue weighted by Crippen LogP contribution is 2.19. The lowest BCUT2D eigenvalue weighted by atomic mass is 10.1. The Kier molecular flexibility index (Phi) is 5.30. The normalized spacial score (nSPS) is 16.4. The molecule has 1 amide bonds. The molecule has 4 rings (SSSR count). The highest BCUT2D eigenvalue weighted by Gasteiger charge is 2.28. The smallest absolute Gasteiger partial charge is 0.408 e. The molecule has 1 atom stereocenters. The first-order valence-electron chi connectivity index (χ1n) is 9.78. The molecule has 2 aromatic carbocycles. The van der Waals surface area contributed by atoms with Gasteiger partial charge in [-0.3, -0.25) is 14.3 Å². The average Bonchev–Trinajstić information content (AvgIpc) is 3.08. The molecule has 1 fully saturated rings. The molecule has 6 nitrogen and oxygen atoms in total. The van der Waals surface area contributed by atoms with Crippen LogP contribution >= 0.6 is 0 Å². The standard InChI is InChI=1S/C22H25N3O3/c1-17(25-19-9-5-6-10-20(19)28-22(25)27)21(26)24-15-13-23(14-16-24)12-11-18-7-3-2-4-8-18/h2-10,17H,11-16H2,1H3. The van der Waals surface area contributed by atoms with E-state index >= 15 is 0 Å². The maximum atomic E-state index is 13.0. The first kappa shape index (κ1) is 18.5. The summed E-state index contributed by atoms with van der Waals surface area (Å²) in [5.41, 5.74) is 2.51. The molecule has 0 N–H and O–H groups in total. The summed E-state index contributed by atoms with van der Waals surface area (Å²) < 4.78 is 6.73. The van der Waals surface area contributed by atoms with Gasteiger partial charge in [0, 0.05) is 32.7 Å². The van der Waals surface area contributed by atoms with Gasteiger partial charge < -0.3 is 9.32 Å². The van der Waals surface area contributed by atoms with Crippen LogP contribution < -0.4 is 5.76 Å². The number of nitrogens with zero attached hydrogens (tertiary/aromatic N) is 3. The fourth-order valence-electron chi connectivity index (χ4n) is 3.85. The zero-order valence-corrected chi connectivity index (χ0v) is 16.1. The van der Waals surface area contributed by atoms with Crippen LogP contribution in [0.3, 0.4) is 0 Å². The van der Waals surface area contributed by atoms with Crippen LogP contribution in [0.1, 0.15) is 18.5 Å². The van der Waals surface area contributed by atoms with Crippen molar-refractivity contribution in [3.05, 3.63) is 70.7 Å². The minimum absolute atomic E-state index is 0.0311. The monoisotopic (exact) mass is 379 g/mol. The van der Waals surface area contributed by atoms with E-state index in [0.717, 1.165) is 26.1 Å². The van der Waals surface area contributed by atoms with Gasteiger partial charge in [0.15, 0.2) is 5.58 Å². The number of fused-ring (bicyclic) bond motifs is 1. The first-order chi connectivity index (χ1) is 13.6. The van der Waals surface area contributed by atoms with Gasteiger partial charge in [-0.1, -0.05) is 42.5 Å². The maximum Gasteiger partial charge on any atom is 0.420 e. The van der Waals surface area contributed by atoms with E-state index in [9.17, 15) is 9.59 Å². The second-order valence-corrected chi connectivity index (χ2v) is 7.28. The largest absolute Gasteiger partial charge is 0.420 e. The van der Waals surface area contributed by atoms with Crippen LogP contribution in [0.25, 0.3) is 11.1 Å². The van der Waals surface area contributed by atoms with Crippen LogP contribution in [0, 0.1) is 0 Å². The third-order valence-electron chi connectivity index (χ3n) is 5.51. The van der Waals surface area contributed by atoms with Gasteiger partial charge in [0.1, 0.15) is 6.04 Å². The van der Waals surface area contributed by atoms with E-state index in [2.05, 4.69) is 29.2 Å². The van der Waals surface area contributed by atoms with Gasteiger partial charge >= 0.3 is 5.76 Å². The van der Waals surface area contributed by atoms with E-state index in [1.807, 2.05) is 29.2 Å². The van der Waals surface area contributed by atoms with Crippen molar-refractivity contribution in [2.45, 2.75) is 19.4 Å². The third-order valence-corrected chi connectivity index (χ3v) is 5.51. The number of amides is 1. The van der Waals surface area contributed by atoms with Crippen molar-refractivity contribution in [2.24, 2.45) is 0 Å². The molecule has 0 bridgehead atoms. The predicted octanol–water partition coefficient (Wildman–Crippen LogP) is 2.54. The van der Waals surface area contributed by atoms with E-state index in [0.29, 0.717) is 24.2 Å². The highest BCUT2D eigenvalue weighted by atomic mass is 16.4. The Hall–Kier alpha value is -2.86. The summed E-state index contributed by atoms with van der Waals surface area (Å²) in [7, 11) is 0. The number of para-hydroxylation sites is 2. The number of carbonyl (C=O) groups is 1. The molecule has 1 aliphatic rings. The van der Waals surface area contributed by atoms with Crippen LogP contribution in [-0.2, 0) is 11.2 Å². The fraction of sp³-hybridized carbons (Fsp3) is 0.364. The summed E-state index contributed by atoms with van der Waals surface area (Å²) >= 11 is 0. The predicted molar refractivity (Wildman–Crippen MR) is 108 cm³/mol. The van der Waals surface area contributed by atoms with Crippen molar-refractivity contribution in [2.75, 3.05) is 32.7 Å². The number of oxazole rings is 1. The van der Waals surface area contributed by atoms with Crippen molar-refractivity contribution in [1.29, 1.82) is 0 Å². The molecule has 28 heavy (non-hydrogen) atoms. The molecule has 2 heterocycles. The molecule has 0 saturated carbocycles. The Labute approximate surface area is 164 Å². The topological polar surface area (TPSA) is 58.7 Å².